The van der Waals surface area contributed by atoms with Crippen LogP contribution >= 0.6 is 11.6 Å². The number of anilines is 1. The number of hydrogen-bond acceptors (Lipinski definition) is 5. The normalized spacial score (nSPS) is 10.8. The number of oxime groups is 1. The van der Waals surface area contributed by atoms with Crippen LogP contribution in [0.3, 0.4) is 0 Å². The molecule has 0 saturated heterocycles. The van der Waals surface area contributed by atoms with Gasteiger partial charge in [-0.15, -0.1) is 0 Å². The molecule has 0 amide bonds. The molecule has 104 valence electrons. The molecule has 0 N–H and O–H groups in total. The molecule has 0 aliphatic heterocycles. The Balaban J connectivity index is 2.07. The number of halogens is 2. The molecular weight excluding hydrogens is 283 g/mol. The van der Waals surface area contributed by atoms with Gasteiger partial charge in [-0.1, -0.05) is 28.9 Å². The minimum atomic E-state index is -0.524. The summed E-state index contributed by atoms with van der Waals surface area (Å²) in [5.74, 6) is -0.388. The Morgan fingerprint density at radius 2 is 2.00 bits per heavy atom. The standard InChI is InChI=1S/C13H12ClFN4O/c1-19(2)12-11(15)8-16-13(18-12)20-17-7-9-3-5-10(14)6-4-9/h3-8H,1-2H3. The molecule has 2 rings (SSSR count). The first kappa shape index (κ1) is 14.2. The van der Waals surface area contributed by atoms with Gasteiger partial charge in [-0.05, 0) is 17.7 Å². The van der Waals surface area contributed by atoms with Crippen molar-refractivity contribution in [2.45, 2.75) is 0 Å². The van der Waals surface area contributed by atoms with E-state index in [1.807, 2.05) is 0 Å². The van der Waals surface area contributed by atoms with Crippen LogP contribution < -0.4 is 9.74 Å². The van der Waals surface area contributed by atoms with Gasteiger partial charge in [0.25, 0.3) is 0 Å². The first-order valence-corrected chi connectivity index (χ1v) is 6.10. The van der Waals surface area contributed by atoms with E-state index in [0.29, 0.717) is 5.02 Å². The first-order valence-electron chi connectivity index (χ1n) is 5.72. The monoisotopic (exact) mass is 294 g/mol. The highest BCUT2D eigenvalue weighted by Crippen LogP contribution is 2.15. The van der Waals surface area contributed by atoms with E-state index in [9.17, 15) is 4.39 Å². The molecule has 0 bridgehead atoms. The smallest absolute Gasteiger partial charge is 0.347 e. The fourth-order valence-corrected chi connectivity index (χ4v) is 1.51. The van der Waals surface area contributed by atoms with Gasteiger partial charge in [0.1, 0.15) is 0 Å². The molecule has 1 aromatic heterocycles. The molecule has 7 heteroatoms. The number of benzene rings is 1. The minimum absolute atomic E-state index is 0.0275. The van der Waals surface area contributed by atoms with E-state index in [4.69, 9.17) is 16.4 Å². The second-order valence-electron chi connectivity index (χ2n) is 4.10. The summed E-state index contributed by atoms with van der Waals surface area (Å²) >= 11 is 5.77. The summed E-state index contributed by atoms with van der Waals surface area (Å²) in [5.41, 5.74) is 0.810. The number of rotatable bonds is 4. The maximum atomic E-state index is 13.4. The second kappa shape index (κ2) is 6.29. The van der Waals surface area contributed by atoms with Crippen LogP contribution in [0.5, 0.6) is 6.01 Å². The Hall–Kier alpha value is -2.21. The molecule has 1 aromatic carbocycles. The minimum Gasteiger partial charge on any atom is -0.360 e. The number of hydrogen-bond donors (Lipinski definition) is 0. The molecule has 0 atom stereocenters. The predicted octanol–water partition coefficient (Wildman–Crippen LogP) is 2.75. The Kier molecular flexibility index (Phi) is 4.47. The number of aromatic nitrogens is 2. The molecule has 0 aliphatic carbocycles. The topological polar surface area (TPSA) is 50.6 Å². The van der Waals surface area contributed by atoms with Crippen molar-refractivity contribution in [1.29, 1.82) is 0 Å². The third-order valence-corrected chi connectivity index (χ3v) is 2.59. The molecule has 0 spiro atoms. The van der Waals surface area contributed by atoms with Crippen LogP contribution in [-0.2, 0) is 0 Å². The fraction of sp³-hybridized carbons (Fsp3) is 0.154. The van der Waals surface area contributed by atoms with Gasteiger partial charge >= 0.3 is 6.01 Å². The van der Waals surface area contributed by atoms with E-state index in [1.165, 1.54) is 11.1 Å². The summed E-state index contributed by atoms with van der Waals surface area (Å²) < 4.78 is 13.4. The van der Waals surface area contributed by atoms with Crippen LogP contribution in [0, 0.1) is 5.82 Å². The zero-order valence-corrected chi connectivity index (χ0v) is 11.7. The molecule has 20 heavy (non-hydrogen) atoms. The van der Waals surface area contributed by atoms with Gasteiger partial charge < -0.3 is 9.74 Å². The average molecular weight is 295 g/mol. The van der Waals surface area contributed by atoms with Crippen molar-refractivity contribution >= 4 is 23.6 Å². The lowest BCUT2D eigenvalue weighted by Gasteiger charge is -2.11. The van der Waals surface area contributed by atoms with Gasteiger partial charge in [0, 0.05) is 19.1 Å². The summed E-state index contributed by atoms with van der Waals surface area (Å²) in [5, 5.41) is 4.38. The van der Waals surface area contributed by atoms with Crippen LogP contribution in [0.4, 0.5) is 10.2 Å². The second-order valence-corrected chi connectivity index (χ2v) is 4.53. The van der Waals surface area contributed by atoms with Crippen LogP contribution in [0.1, 0.15) is 5.56 Å². The molecule has 0 aliphatic rings. The van der Waals surface area contributed by atoms with Crippen molar-refractivity contribution in [3.05, 3.63) is 46.9 Å². The lowest BCUT2D eigenvalue weighted by atomic mass is 10.2. The van der Waals surface area contributed by atoms with Gasteiger partial charge in [-0.2, -0.15) is 9.97 Å². The quantitative estimate of drug-likeness (QED) is 0.643. The summed E-state index contributed by atoms with van der Waals surface area (Å²) in [7, 11) is 3.35. The lowest BCUT2D eigenvalue weighted by Crippen LogP contribution is -2.13. The molecule has 0 radical (unpaired) electrons. The van der Waals surface area contributed by atoms with E-state index >= 15 is 0 Å². The van der Waals surface area contributed by atoms with Crippen molar-refractivity contribution in [2.24, 2.45) is 5.16 Å². The third-order valence-electron chi connectivity index (χ3n) is 2.33. The number of nitrogens with zero attached hydrogens (tertiary/aromatic N) is 4. The van der Waals surface area contributed by atoms with Crippen LogP contribution in [0.2, 0.25) is 5.02 Å². The van der Waals surface area contributed by atoms with Gasteiger partial charge in [-0.25, -0.2) is 4.39 Å². The van der Waals surface area contributed by atoms with Crippen molar-refractivity contribution in [1.82, 2.24) is 9.97 Å². The van der Waals surface area contributed by atoms with E-state index in [1.54, 1.807) is 38.4 Å². The van der Waals surface area contributed by atoms with E-state index in [2.05, 4.69) is 15.1 Å². The van der Waals surface area contributed by atoms with Crippen molar-refractivity contribution in [2.75, 3.05) is 19.0 Å². The van der Waals surface area contributed by atoms with Crippen molar-refractivity contribution in [3.8, 4) is 6.01 Å². The molecular formula is C13H12ClFN4O. The zero-order valence-electron chi connectivity index (χ0n) is 10.9. The maximum Gasteiger partial charge on any atom is 0.347 e. The fourth-order valence-electron chi connectivity index (χ4n) is 1.38. The van der Waals surface area contributed by atoms with E-state index in [0.717, 1.165) is 11.8 Å². The Morgan fingerprint density at radius 1 is 1.30 bits per heavy atom. The van der Waals surface area contributed by atoms with Gasteiger partial charge in [0.2, 0.25) is 0 Å². The molecule has 5 nitrogen and oxygen atoms in total. The van der Waals surface area contributed by atoms with Gasteiger partial charge in [0.05, 0.1) is 12.4 Å². The molecule has 0 fully saturated rings. The average Bonchev–Trinajstić information content (AvgIpc) is 2.42. The Morgan fingerprint density at radius 3 is 2.65 bits per heavy atom. The first-order chi connectivity index (χ1) is 9.56. The van der Waals surface area contributed by atoms with E-state index < -0.39 is 5.82 Å². The summed E-state index contributed by atoms with van der Waals surface area (Å²) in [6, 6.07) is 7.01. The summed E-state index contributed by atoms with van der Waals surface area (Å²) in [6.45, 7) is 0. The molecule has 2 aromatic rings. The Labute approximate surface area is 120 Å². The van der Waals surface area contributed by atoms with E-state index in [-0.39, 0.29) is 11.8 Å². The van der Waals surface area contributed by atoms with Gasteiger partial charge in [0.15, 0.2) is 11.6 Å². The highest BCUT2D eigenvalue weighted by atomic mass is 35.5. The summed E-state index contributed by atoms with van der Waals surface area (Å²) in [6.07, 6.45) is 2.52. The zero-order chi connectivity index (χ0) is 14.5. The van der Waals surface area contributed by atoms with Crippen LogP contribution in [0.25, 0.3) is 0 Å². The largest absolute Gasteiger partial charge is 0.360 e. The predicted molar refractivity (Wildman–Crippen MR) is 76.0 cm³/mol. The van der Waals surface area contributed by atoms with Gasteiger partial charge in [-0.3, -0.25) is 0 Å². The summed E-state index contributed by atoms with van der Waals surface area (Å²) in [4.78, 5) is 14.1. The SMILES string of the molecule is CN(C)c1nc(ON=Cc2ccc(Cl)cc2)ncc1F. The maximum absolute atomic E-state index is 13.4. The molecule has 0 unspecified atom stereocenters. The highest BCUT2D eigenvalue weighted by Gasteiger charge is 2.09. The molecule has 1 heterocycles. The Bertz CT molecular complexity index is 616. The van der Waals surface area contributed by atoms with Crippen molar-refractivity contribution < 1.29 is 9.23 Å². The highest BCUT2D eigenvalue weighted by molar-refractivity contribution is 6.30. The lowest BCUT2D eigenvalue weighted by molar-refractivity contribution is 0.313. The molecule has 0 saturated carbocycles. The van der Waals surface area contributed by atoms with Crippen LogP contribution in [-0.4, -0.2) is 30.3 Å². The van der Waals surface area contributed by atoms with Crippen LogP contribution in [0.15, 0.2) is 35.6 Å². The third kappa shape index (κ3) is 3.64. The van der Waals surface area contributed by atoms with Crippen molar-refractivity contribution in [3.63, 3.8) is 0 Å².